The SMILES string of the molecule is CCCCC/C=C/CCCCCCCCCCCOC. The summed E-state index contributed by atoms with van der Waals surface area (Å²) in [7, 11) is 1.79. The van der Waals surface area contributed by atoms with Crippen LogP contribution in [0.1, 0.15) is 96.8 Å². The van der Waals surface area contributed by atoms with E-state index in [0.717, 1.165) is 6.61 Å². The summed E-state index contributed by atoms with van der Waals surface area (Å²) in [5, 5.41) is 0. The minimum atomic E-state index is 0.936. The molecule has 0 aliphatic rings. The number of hydrogen-bond acceptors (Lipinski definition) is 1. The lowest BCUT2D eigenvalue weighted by molar-refractivity contribution is 0.192. The highest BCUT2D eigenvalue weighted by molar-refractivity contribution is 4.81. The molecule has 0 N–H and O–H groups in total. The van der Waals surface area contributed by atoms with E-state index < -0.39 is 0 Å². The molecule has 0 aliphatic carbocycles. The van der Waals surface area contributed by atoms with E-state index >= 15 is 0 Å². The molecule has 0 amide bonds. The van der Waals surface area contributed by atoms with Crippen molar-refractivity contribution in [1.82, 2.24) is 0 Å². The fourth-order valence-corrected chi connectivity index (χ4v) is 2.49. The smallest absolute Gasteiger partial charge is 0.0462 e. The topological polar surface area (TPSA) is 9.23 Å². The van der Waals surface area contributed by atoms with Gasteiger partial charge in [-0.2, -0.15) is 0 Å². The fourth-order valence-electron chi connectivity index (χ4n) is 2.49. The highest BCUT2D eigenvalue weighted by atomic mass is 16.5. The standard InChI is InChI=1S/C19H38O/c1-3-4-5-6-7-8-9-10-11-12-13-14-15-16-17-18-19-20-2/h7-8H,3-6,9-19H2,1-2H3/b8-7+. The van der Waals surface area contributed by atoms with Crippen LogP contribution in [-0.2, 0) is 4.74 Å². The van der Waals surface area contributed by atoms with Gasteiger partial charge in [0.05, 0.1) is 0 Å². The second kappa shape index (κ2) is 18.7. The van der Waals surface area contributed by atoms with Gasteiger partial charge in [0.1, 0.15) is 0 Å². The maximum atomic E-state index is 5.06. The minimum absolute atomic E-state index is 0.936. The normalized spacial score (nSPS) is 11.5. The molecule has 0 aromatic heterocycles. The van der Waals surface area contributed by atoms with Crippen LogP contribution in [0, 0.1) is 0 Å². The molecule has 0 atom stereocenters. The van der Waals surface area contributed by atoms with Crippen molar-refractivity contribution in [3.05, 3.63) is 12.2 Å². The summed E-state index contributed by atoms with van der Waals surface area (Å²) >= 11 is 0. The molecule has 0 aliphatic heterocycles. The Bertz CT molecular complexity index is 186. The third-order valence-electron chi connectivity index (χ3n) is 3.86. The second-order valence-electron chi connectivity index (χ2n) is 5.93. The van der Waals surface area contributed by atoms with Gasteiger partial charge in [-0.3, -0.25) is 0 Å². The molecule has 0 unspecified atom stereocenters. The van der Waals surface area contributed by atoms with Crippen LogP contribution in [0.3, 0.4) is 0 Å². The summed E-state index contributed by atoms with van der Waals surface area (Å²) in [6, 6.07) is 0. The molecule has 120 valence electrons. The second-order valence-corrected chi connectivity index (χ2v) is 5.93. The molecule has 0 heterocycles. The number of rotatable bonds is 16. The van der Waals surface area contributed by atoms with Gasteiger partial charge in [-0.1, -0.05) is 76.9 Å². The lowest BCUT2D eigenvalue weighted by Crippen LogP contribution is -1.88. The summed E-state index contributed by atoms with van der Waals surface area (Å²) in [6.07, 6.45) is 23.9. The van der Waals surface area contributed by atoms with Crippen LogP contribution < -0.4 is 0 Å². The Labute approximate surface area is 128 Å². The molecule has 1 nitrogen and oxygen atoms in total. The Morgan fingerprint density at radius 2 is 1.05 bits per heavy atom. The van der Waals surface area contributed by atoms with Crippen LogP contribution in [0.15, 0.2) is 12.2 Å². The summed E-state index contributed by atoms with van der Waals surface area (Å²) in [5.41, 5.74) is 0. The zero-order valence-corrected chi connectivity index (χ0v) is 14.2. The van der Waals surface area contributed by atoms with E-state index in [-0.39, 0.29) is 0 Å². The highest BCUT2D eigenvalue weighted by Gasteiger charge is 1.92. The molecule has 0 spiro atoms. The molecule has 20 heavy (non-hydrogen) atoms. The van der Waals surface area contributed by atoms with E-state index in [1.165, 1.54) is 89.9 Å². The Hall–Kier alpha value is -0.300. The van der Waals surface area contributed by atoms with Crippen LogP contribution >= 0.6 is 0 Å². The van der Waals surface area contributed by atoms with Crippen molar-refractivity contribution >= 4 is 0 Å². The van der Waals surface area contributed by atoms with Gasteiger partial charge < -0.3 is 4.74 Å². The summed E-state index contributed by atoms with van der Waals surface area (Å²) in [4.78, 5) is 0. The van der Waals surface area contributed by atoms with Crippen LogP contribution in [-0.4, -0.2) is 13.7 Å². The third kappa shape index (κ3) is 17.7. The molecule has 0 bridgehead atoms. The molecule has 0 saturated carbocycles. The van der Waals surface area contributed by atoms with Gasteiger partial charge in [0.25, 0.3) is 0 Å². The summed E-state index contributed by atoms with van der Waals surface area (Å²) < 4.78 is 5.06. The zero-order chi connectivity index (χ0) is 14.7. The molecule has 0 radical (unpaired) electrons. The first-order valence-electron chi connectivity index (χ1n) is 9.05. The highest BCUT2D eigenvalue weighted by Crippen LogP contribution is 2.11. The van der Waals surface area contributed by atoms with Crippen molar-refractivity contribution in [2.24, 2.45) is 0 Å². The van der Waals surface area contributed by atoms with Crippen LogP contribution in [0.2, 0.25) is 0 Å². The number of hydrogen-bond donors (Lipinski definition) is 0. The van der Waals surface area contributed by atoms with Crippen molar-refractivity contribution in [2.75, 3.05) is 13.7 Å². The van der Waals surface area contributed by atoms with Gasteiger partial charge in [0, 0.05) is 13.7 Å². The van der Waals surface area contributed by atoms with Gasteiger partial charge in [-0.15, -0.1) is 0 Å². The number of allylic oxidation sites excluding steroid dienone is 2. The first-order chi connectivity index (χ1) is 9.91. The molecule has 0 fully saturated rings. The average molecular weight is 283 g/mol. The number of methoxy groups -OCH3 is 1. The van der Waals surface area contributed by atoms with Crippen LogP contribution in [0.25, 0.3) is 0 Å². The Morgan fingerprint density at radius 3 is 1.55 bits per heavy atom. The number of ether oxygens (including phenoxy) is 1. The predicted octanol–water partition coefficient (Wildman–Crippen LogP) is 6.67. The quantitative estimate of drug-likeness (QED) is 0.227. The first-order valence-corrected chi connectivity index (χ1v) is 9.05. The Kier molecular flexibility index (Phi) is 18.4. The van der Waals surface area contributed by atoms with E-state index in [9.17, 15) is 0 Å². The molecule has 0 aromatic carbocycles. The maximum absolute atomic E-state index is 5.06. The molecule has 0 rings (SSSR count). The van der Waals surface area contributed by atoms with Crippen molar-refractivity contribution in [2.45, 2.75) is 96.8 Å². The summed E-state index contributed by atoms with van der Waals surface area (Å²) in [6.45, 7) is 3.20. The number of unbranched alkanes of at least 4 members (excludes halogenated alkanes) is 12. The molecular formula is C19H38O. The van der Waals surface area contributed by atoms with Crippen molar-refractivity contribution in [1.29, 1.82) is 0 Å². The van der Waals surface area contributed by atoms with Gasteiger partial charge in [-0.05, 0) is 32.1 Å². The zero-order valence-electron chi connectivity index (χ0n) is 14.2. The van der Waals surface area contributed by atoms with E-state index in [1.807, 2.05) is 0 Å². The maximum Gasteiger partial charge on any atom is 0.0462 e. The fraction of sp³-hybridized carbons (Fsp3) is 0.895. The monoisotopic (exact) mass is 282 g/mol. The first kappa shape index (κ1) is 19.7. The van der Waals surface area contributed by atoms with E-state index in [0.29, 0.717) is 0 Å². The van der Waals surface area contributed by atoms with E-state index in [4.69, 9.17) is 4.74 Å². The predicted molar refractivity (Wildman–Crippen MR) is 91.3 cm³/mol. The average Bonchev–Trinajstić information content (AvgIpc) is 2.47. The van der Waals surface area contributed by atoms with E-state index in [1.54, 1.807) is 7.11 Å². The summed E-state index contributed by atoms with van der Waals surface area (Å²) in [5.74, 6) is 0. The van der Waals surface area contributed by atoms with Gasteiger partial charge in [0.15, 0.2) is 0 Å². The van der Waals surface area contributed by atoms with Crippen molar-refractivity contribution < 1.29 is 4.74 Å². The Morgan fingerprint density at radius 1 is 0.600 bits per heavy atom. The third-order valence-corrected chi connectivity index (χ3v) is 3.86. The van der Waals surface area contributed by atoms with Crippen LogP contribution in [0.4, 0.5) is 0 Å². The lowest BCUT2D eigenvalue weighted by Gasteiger charge is -2.02. The lowest BCUT2D eigenvalue weighted by atomic mass is 10.1. The van der Waals surface area contributed by atoms with E-state index in [2.05, 4.69) is 19.1 Å². The molecular weight excluding hydrogens is 244 g/mol. The molecule has 0 aromatic rings. The van der Waals surface area contributed by atoms with Gasteiger partial charge in [0.2, 0.25) is 0 Å². The molecule has 1 heteroatoms. The minimum Gasteiger partial charge on any atom is -0.385 e. The van der Waals surface area contributed by atoms with Crippen molar-refractivity contribution in [3.63, 3.8) is 0 Å². The van der Waals surface area contributed by atoms with Gasteiger partial charge >= 0.3 is 0 Å². The largest absolute Gasteiger partial charge is 0.385 e. The Balaban J connectivity index is 2.99. The molecule has 0 saturated heterocycles. The van der Waals surface area contributed by atoms with Crippen molar-refractivity contribution in [3.8, 4) is 0 Å². The van der Waals surface area contributed by atoms with Gasteiger partial charge in [-0.25, -0.2) is 0 Å². The van der Waals surface area contributed by atoms with Crippen LogP contribution in [0.5, 0.6) is 0 Å².